The third-order valence-electron chi connectivity index (χ3n) is 4.31. The van der Waals surface area contributed by atoms with E-state index >= 15 is 0 Å². The lowest BCUT2D eigenvalue weighted by Crippen LogP contribution is -2.24. The summed E-state index contributed by atoms with van der Waals surface area (Å²) in [5.41, 5.74) is 4.51. The molecule has 3 rings (SSSR count). The van der Waals surface area contributed by atoms with Gasteiger partial charge in [-0.1, -0.05) is 24.3 Å². The Morgan fingerprint density at radius 3 is 2.52 bits per heavy atom. The zero-order chi connectivity index (χ0) is 19.2. The maximum atomic E-state index is 12.3. The van der Waals surface area contributed by atoms with Gasteiger partial charge in [-0.05, 0) is 55.3 Å². The molecule has 0 aliphatic carbocycles. The lowest BCUT2D eigenvalue weighted by atomic mass is 10.1. The van der Waals surface area contributed by atoms with E-state index in [1.807, 2.05) is 42.5 Å². The first-order valence-electron chi connectivity index (χ1n) is 8.65. The van der Waals surface area contributed by atoms with Crippen molar-refractivity contribution >= 4 is 17.4 Å². The average Bonchev–Trinajstić information content (AvgIpc) is 2.69. The maximum Gasteiger partial charge on any atom is 0.272 e. The second-order valence-electron chi connectivity index (χ2n) is 6.22. The van der Waals surface area contributed by atoms with Gasteiger partial charge in [0.25, 0.3) is 5.91 Å². The molecule has 1 aromatic heterocycles. The lowest BCUT2D eigenvalue weighted by Gasteiger charge is -2.10. The molecule has 0 radical (unpaired) electrons. The zero-order valence-corrected chi connectivity index (χ0v) is 15.6. The Bertz CT molecular complexity index is 939. The molecule has 2 aromatic carbocycles. The fourth-order valence-electron chi connectivity index (χ4n) is 2.60. The molecule has 0 saturated carbocycles. The van der Waals surface area contributed by atoms with E-state index in [0.29, 0.717) is 12.4 Å². The first-order valence-corrected chi connectivity index (χ1v) is 8.65. The van der Waals surface area contributed by atoms with Crippen molar-refractivity contribution in [2.45, 2.75) is 20.4 Å². The smallest absolute Gasteiger partial charge is 0.272 e. The Morgan fingerprint density at radius 2 is 1.81 bits per heavy atom. The third-order valence-corrected chi connectivity index (χ3v) is 4.31. The Kier molecular flexibility index (Phi) is 5.66. The second kappa shape index (κ2) is 8.31. The molecule has 0 saturated heterocycles. The molecular weight excluding hydrogens is 340 g/mol. The molecule has 138 valence electrons. The minimum absolute atomic E-state index is 0.260. The molecule has 2 N–H and O–H groups in total. The predicted molar refractivity (Wildman–Crippen MR) is 105 cm³/mol. The van der Waals surface area contributed by atoms with Crippen LogP contribution in [0.25, 0.3) is 0 Å². The number of anilines is 2. The van der Waals surface area contributed by atoms with Gasteiger partial charge in [-0.3, -0.25) is 4.79 Å². The van der Waals surface area contributed by atoms with E-state index in [1.54, 1.807) is 19.2 Å². The van der Waals surface area contributed by atoms with Crippen LogP contribution in [-0.2, 0) is 6.54 Å². The summed E-state index contributed by atoms with van der Waals surface area (Å²) >= 11 is 0. The number of benzene rings is 2. The SMILES string of the molecule is COc1ccccc1CNC(=O)c1ccc(Nc2ccc(C)c(C)c2)nn1. The van der Waals surface area contributed by atoms with Gasteiger partial charge < -0.3 is 15.4 Å². The van der Waals surface area contributed by atoms with E-state index in [0.717, 1.165) is 17.0 Å². The highest BCUT2D eigenvalue weighted by Crippen LogP contribution is 2.18. The summed E-state index contributed by atoms with van der Waals surface area (Å²) in [4.78, 5) is 12.3. The fourth-order valence-corrected chi connectivity index (χ4v) is 2.60. The number of aryl methyl sites for hydroxylation is 2. The lowest BCUT2D eigenvalue weighted by molar-refractivity contribution is 0.0944. The number of nitrogens with zero attached hydrogens (tertiary/aromatic N) is 2. The molecule has 0 fully saturated rings. The number of carbonyl (C=O) groups is 1. The predicted octanol–water partition coefficient (Wildman–Crippen LogP) is 3.78. The van der Waals surface area contributed by atoms with E-state index < -0.39 is 0 Å². The van der Waals surface area contributed by atoms with Crippen LogP contribution in [0.2, 0.25) is 0 Å². The topological polar surface area (TPSA) is 76.1 Å². The summed E-state index contributed by atoms with van der Waals surface area (Å²) in [5, 5.41) is 14.1. The second-order valence-corrected chi connectivity index (χ2v) is 6.22. The van der Waals surface area contributed by atoms with Crippen molar-refractivity contribution in [2.75, 3.05) is 12.4 Å². The maximum absolute atomic E-state index is 12.3. The van der Waals surface area contributed by atoms with Crippen molar-refractivity contribution in [3.05, 3.63) is 77.0 Å². The van der Waals surface area contributed by atoms with Crippen molar-refractivity contribution in [1.29, 1.82) is 0 Å². The number of nitrogens with one attached hydrogen (secondary N) is 2. The van der Waals surface area contributed by atoms with Gasteiger partial charge in [0, 0.05) is 17.8 Å². The molecule has 0 aliphatic heterocycles. The number of methoxy groups -OCH3 is 1. The quantitative estimate of drug-likeness (QED) is 0.698. The van der Waals surface area contributed by atoms with Crippen LogP contribution in [-0.4, -0.2) is 23.2 Å². The van der Waals surface area contributed by atoms with Crippen LogP contribution in [0.5, 0.6) is 5.75 Å². The molecule has 27 heavy (non-hydrogen) atoms. The number of hydrogen-bond acceptors (Lipinski definition) is 5. The molecule has 6 nitrogen and oxygen atoms in total. The Balaban J connectivity index is 1.62. The molecular formula is C21H22N4O2. The van der Waals surface area contributed by atoms with Gasteiger partial charge >= 0.3 is 0 Å². The Morgan fingerprint density at radius 1 is 1.00 bits per heavy atom. The number of aromatic nitrogens is 2. The molecule has 0 unspecified atom stereocenters. The first kappa shape index (κ1) is 18.4. The highest BCUT2D eigenvalue weighted by molar-refractivity contribution is 5.92. The summed E-state index contributed by atoms with van der Waals surface area (Å²) in [6.45, 7) is 4.48. The number of hydrogen-bond donors (Lipinski definition) is 2. The van der Waals surface area contributed by atoms with Gasteiger partial charge in [-0.2, -0.15) is 0 Å². The summed E-state index contributed by atoms with van der Waals surface area (Å²) in [7, 11) is 1.60. The van der Waals surface area contributed by atoms with Gasteiger partial charge in [-0.25, -0.2) is 0 Å². The van der Waals surface area contributed by atoms with E-state index in [9.17, 15) is 4.79 Å². The van der Waals surface area contributed by atoms with Gasteiger partial charge in [0.1, 0.15) is 5.75 Å². The molecule has 0 atom stereocenters. The normalized spacial score (nSPS) is 10.3. The standard InChI is InChI=1S/C21H22N4O2/c1-14-8-9-17(12-15(14)2)23-20-11-10-18(24-25-20)21(26)22-13-16-6-4-5-7-19(16)27-3/h4-12H,13H2,1-3H3,(H,22,26)(H,23,25). The van der Waals surface area contributed by atoms with Crippen LogP contribution in [0, 0.1) is 13.8 Å². The van der Waals surface area contributed by atoms with Crippen molar-refractivity contribution in [3.63, 3.8) is 0 Å². The summed E-state index contributed by atoms with van der Waals surface area (Å²) < 4.78 is 5.28. The molecule has 3 aromatic rings. The van der Waals surface area contributed by atoms with Crippen molar-refractivity contribution in [2.24, 2.45) is 0 Å². The molecule has 0 spiro atoms. The number of para-hydroxylation sites is 1. The molecule has 0 aliphatic rings. The molecule has 0 bridgehead atoms. The van der Waals surface area contributed by atoms with Crippen molar-refractivity contribution in [1.82, 2.24) is 15.5 Å². The van der Waals surface area contributed by atoms with Gasteiger partial charge in [0.05, 0.1) is 7.11 Å². The van der Waals surface area contributed by atoms with Crippen LogP contribution < -0.4 is 15.4 Å². The minimum atomic E-state index is -0.286. The van der Waals surface area contributed by atoms with E-state index in [1.165, 1.54) is 11.1 Å². The number of rotatable bonds is 6. The van der Waals surface area contributed by atoms with E-state index in [-0.39, 0.29) is 11.6 Å². The molecule has 6 heteroatoms. The highest BCUT2D eigenvalue weighted by Gasteiger charge is 2.10. The highest BCUT2D eigenvalue weighted by atomic mass is 16.5. The van der Waals surface area contributed by atoms with Gasteiger partial charge in [0.2, 0.25) is 0 Å². The summed E-state index contributed by atoms with van der Waals surface area (Å²) in [6.07, 6.45) is 0. The van der Waals surface area contributed by atoms with Crippen LogP contribution >= 0.6 is 0 Å². The van der Waals surface area contributed by atoms with Crippen LogP contribution in [0.1, 0.15) is 27.2 Å². The number of amides is 1. The first-order chi connectivity index (χ1) is 13.1. The third kappa shape index (κ3) is 4.61. The molecule has 1 heterocycles. The monoisotopic (exact) mass is 362 g/mol. The Labute approximate surface area is 158 Å². The molecule has 1 amide bonds. The number of ether oxygens (including phenoxy) is 1. The zero-order valence-electron chi connectivity index (χ0n) is 15.6. The van der Waals surface area contributed by atoms with E-state index in [4.69, 9.17) is 4.74 Å². The van der Waals surface area contributed by atoms with Gasteiger partial charge in [-0.15, -0.1) is 10.2 Å². The number of carbonyl (C=O) groups excluding carboxylic acids is 1. The van der Waals surface area contributed by atoms with Crippen LogP contribution in [0.3, 0.4) is 0 Å². The van der Waals surface area contributed by atoms with Crippen LogP contribution in [0.4, 0.5) is 11.5 Å². The minimum Gasteiger partial charge on any atom is -0.496 e. The fraction of sp³-hybridized carbons (Fsp3) is 0.190. The summed E-state index contributed by atoms with van der Waals surface area (Å²) in [6, 6.07) is 17.0. The average molecular weight is 362 g/mol. The van der Waals surface area contributed by atoms with E-state index in [2.05, 4.69) is 34.7 Å². The van der Waals surface area contributed by atoms with Gasteiger partial charge in [0.15, 0.2) is 11.5 Å². The Hall–Kier alpha value is -3.41. The van der Waals surface area contributed by atoms with Crippen LogP contribution in [0.15, 0.2) is 54.6 Å². The largest absolute Gasteiger partial charge is 0.496 e. The van der Waals surface area contributed by atoms with Crippen molar-refractivity contribution < 1.29 is 9.53 Å². The van der Waals surface area contributed by atoms with Crippen molar-refractivity contribution in [3.8, 4) is 5.75 Å². The summed E-state index contributed by atoms with van der Waals surface area (Å²) in [5.74, 6) is 1.03.